The van der Waals surface area contributed by atoms with Gasteiger partial charge >= 0.3 is 0 Å². The lowest BCUT2D eigenvalue weighted by molar-refractivity contribution is -0.123. The van der Waals surface area contributed by atoms with Crippen LogP contribution in [0.4, 0.5) is 0 Å². The molecule has 0 saturated carbocycles. The molecule has 0 heterocycles. The molecule has 0 aliphatic heterocycles. The first-order valence-electron chi connectivity index (χ1n) is 5.32. The van der Waals surface area contributed by atoms with E-state index in [1.807, 2.05) is 0 Å². The van der Waals surface area contributed by atoms with Crippen LogP contribution < -0.4 is 14.8 Å². The van der Waals surface area contributed by atoms with Crippen molar-refractivity contribution in [3.05, 3.63) is 24.3 Å². The highest BCUT2D eigenvalue weighted by molar-refractivity contribution is 5.77. The fraction of sp³-hybridized carbons (Fsp3) is 0.417. The van der Waals surface area contributed by atoms with Crippen molar-refractivity contribution in [2.45, 2.75) is 13.0 Å². The van der Waals surface area contributed by atoms with Crippen molar-refractivity contribution < 1.29 is 19.4 Å². The van der Waals surface area contributed by atoms with E-state index < -0.39 is 0 Å². The molecule has 1 rings (SSSR count). The molecule has 1 atom stereocenters. The topological polar surface area (TPSA) is 67.8 Å². The van der Waals surface area contributed by atoms with Gasteiger partial charge in [0, 0.05) is 6.04 Å². The van der Waals surface area contributed by atoms with E-state index in [9.17, 15) is 4.79 Å². The normalized spacial score (nSPS) is 11.7. The molecule has 0 bridgehead atoms. The van der Waals surface area contributed by atoms with Gasteiger partial charge in [-0.05, 0) is 31.2 Å². The molecule has 0 fully saturated rings. The molecule has 94 valence electrons. The third-order valence-corrected chi connectivity index (χ3v) is 2.11. The van der Waals surface area contributed by atoms with Gasteiger partial charge in [0.05, 0.1) is 13.7 Å². The molecule has 0 aliphatic rings. The summed E-state index contributed by atoms with van der Waals surface area (Å²) in [6, 6.07) is 6.69. The number of amides is 1. The predicted molar refractivity (Wildman–Crippen MR) is 63.2 cm³/mol. The van der Waals surface area contributed by atoms with Crippen LogP contribution in [0.3, 0.4) is 0 Å². The summed E-state index contributed by atoms with van der Waals surface area (Å²) in [6.45, 7) is 1.55. The van der Waals surface area contributed by atoms with E-state index in [-0.39, 0.29) is 25.2 Å². The molecule has 5 nitrogen and oxygen atoms in total. The molecule has 0 aliphatic carbocycles. The van der Waals surface area contributed by atoms with E-state index in [0.29, 0.717) is 5.75 Å². The zero-order chi connectivity index (χ0) is 12.7. The van der Waals surface area contributed by atoms with Gasteiger partial charge in [-0.25, -0.2) is 0 Å². The Labute approximate surface area is 100 Å². The number of ether oxygens (including phenoxy) is 2. The van der Waals surface area contributed by atoms with E-state index in [4.69, 9.17) is 14.6 Å². The highest BCUT2D eigenvalue weighted by atomic mass is 16.5. The lowest BCUT2D eigenvalue weighted by Crippen LogP contribution is -2.38. The van der Waals surface area contributed by atoms with Gasteiger partial charge in [-0.3, -0.25) is 4.79 Å². The smallest absolute Gasteiger partial charge is 0.258 e. The molecule has 1 aromatic carbocycles. The second-order valence-electron chi connectivity index (χ2n) is 3.62. The summed E-state index contributed by atoms with van der Waals surface area (Å²) >= 11 is 0. The number of aliphatic hydroxyl groups is 1. The van der Waals surface area contributed by atoms with Crippen molar-refractivity contribution in [2.24, 2.45) is 0 Å². The lowest BCUT2D eigenvalue weighted by Gasteiger charge is -2.11. The Hall–Kier alpha value is -1.75. The Morgan fingerprint density at radius 1 is 1.35 bits per heavy atom. The van der Waals surface area contributed by atoms with Crippen molar-refractivity contribution in [2.75, 3.05) is 20.3 Å². The van der Waals surface area contributed by atoms with Crippen LogP contribution in [0.25, 0.3) is 0 Å². The zero-order valence-electron chi connectivity index (χ0n) is 9.97. The average Bonchev–Trinajstić information content (AvgIpc) is 2.36. The van der Waals surface area contributed by atoms with E-state index in [2.05, 4.69) is 5.32 Å². The number of carbonyl (C=O) groups excluding carboxylic acids is 1. The molecule has 5 heteroatoms. The van der Waals surface area contributed by atoms with Crippen molar-refractivity contribution in [3.8, 4) is 11.5 Å². The van der Waals surface area contributed by atoms with E-state index >= 15 is 0 Å². The summed E-state index contributed by atoms with van der Waals surface area (Å²) < 4.78 is 10.3. The third kappa shape index (κ3) is 4.74. The van der Waals surface area contributed by atoms with Crippen LogP contribution in [-0.4, -0.2) is 37.4 Å². The molecule has 17 heavy (non-hydrogen) atoms. The fourth-order valence-corrected chi connectivity index (χ4v) is 1.18. The standard InChI is InChI=1S/C12H17NO4/c1-9(7-14)13-12(15)8-17-11-5-3-10(16-2)4-6-11/h3-6,9,14H,7-8H2,1-2H3,(H,13,15)/t9-/m1/s1. The second kappa shape index (κ2) is 6.75. The van der Waals surface area contributed by atoms with E-state index in [1.54, 1.807) is 38.3 Å². The largest absolute Gasteiger partial charge is 0.497 e. The molecule has 0 aromatic heterocycles. The molecular formula is C12H17NO4. The maximum Gasteiger partial charge on any atom is 0.258 e. The second-order valence-corrected chi connectivity index (χ2v) is 3.62. The van der Waals surface area contributed by atoms with Gasteiger partial charge in [0.1, 0.15) is 11.5 Å². The first kappa shape index (κ1) is 13.3. The summed E-state index contributed by atoms with van der Waals surface area (Å²) in [4.78, 5) is 11.3. The third-order valence-electron chi connectivity index (χ3n) is 2.11. The van der Waals surface area contributed by atoms with Crippen molar-refractivity contribution >= 4 is 5.91 Å². The summed E-state index contributed by atoms with van der Waals surface area (Å²) in [6.07, 6.45) is 0. The van der Waals surface area contributed by atoms with Crippen molar-refractivity contribution in [3.63, 3.8) is 0 Å². The fourth-order valence-electron chi connectivity index (χ4n) is 1.18. The van der Waals surface area contributed by atoms with Gasteiger partial charge < -0.3 is 19.9 Å². The summed E-state index contributed by atoms with van der Waals surface area (Å²) in [7, 11) is 1.58. The van der Waals surface area contributed by atoms with E-state index in [0.717, 1.165) is 5.75 Å². The van der Waals surface area contributed by atoms with Gasteiger partial charge in [0.25, 0.3) is 5.91 Å². The SMILES string of the molecule is COc1ccc(OCC(=O)N[C@H](C)CO)cc1. The molecule has 0 saturated heterocycles. The predicted octanol–water partition coefficient (Wildman–Crippen LogP) is 0.571. The molecule has 1 amide bonds. The number of carbonyl (C=O) groups is 1. The number of hydrogen-bond donors (Lipinski definition) is 2. The first-order valence-corrected chi connectivity index (χ1v) is 5.32. The quantitative estimate of drug-likeness (QED) is 0.761. The number of rotatable bonds is 6. The van der Waals surface area contributed by atoms with Gasteiger partial charge in [-0.15, -0.1) is 0 Å². The van der Waals surface area contributed by atoms with Crippen molar-refractivity contribution in [1.29, 1.82) is 0 Å². The van der Waals surface area contributed by atoms with Crippen LogP contribution in [0.1, 0.15) is 6.92 Å². The Morgan fingerprint density at radius 3 is 2.47 bits per heavy atom. The minimum Gasteiger partial charge on any atom is -0.497 e. The monoisotopic (exact) mass is 239 g/mol. The molecule has 0 unspecified atom stereocenters. The maximum atomic E-state index is 11.3. The molecule has 1 aromatic rings. The summed E-state index contributed by atoms with van der Waals surface area (Å²) in [5.41, 5.74) is 0. The van der Waals surface area contributed by atoms with Crippen LogP contribution in [0.2, 0.25) is 0 Å². The van der Waals surface area contributed by atoms with Gasteiger partial charge in [-0.1, -0.05) is 0 Å². The number of nitrogens with one attached hydrogen (secondary N) is 1. The zero-order valence-corrected chi connectivity index (χ0v) is 9.97. The van der Waals surface area contributed by atoms with Gasteiger partial charge in [0.15, 0.2) is 6.61 Å². The lowest BCUT2D eigenvalue weighted by atomic mass is 10.3. The average molecular weight is 239 g/mol. The Kier molecular flexibility index (Phi) is 5.29. The van der Waals surface area contributed by atoms with Crippen LogP contribution >= 0.6 is 0 Å². The first-order chi connectivity index (χ1) is 8.15. The van der Waals surface area contributed by atoms with E-state index in [1.165, 1.54) is 0 Å². The van der Waals surface area contributed by atoms with Crippen LogP contribution in [-0.2, 0) is 4.79 Å². The Morgan fingerprint density at radius 2 is 1.94 bits per heavy atom. The number of aliphatic hydroxyl groups excluding tert-OH is 1. The van der Waals surface area contributed by atoms with Crippen LogP contribution in [0, 0.1) is 0 Å². The minimum atomic E-state index is -0.262. The highest BCUT2D eigenvalue weighted by Crippen LogP contribution is 2.16. The highest BCUT2D eigenvalue weighted by Gasteiger charge is 2.06. The van der Waals surface area contributed by atoms with Crippen LogP contribution in [0.5, 0.6) is 11.5 Å². The Bertz CT molecular complexity index is 350. The maximum absolute atomic E-state index is 11.3. The van der Waals surface area contributed by atoms with Gasteiger partial charge in [-0.2, -0.15) is 0 Å². The number of hydrogen-bond acceptors (Lipinski definition) is 4. The minimum absolute atomic E-state index is 0.0727. The van der Waals surface area contributed by atoms with Crippen LogP contribution in [0.15, 0.2) is 24.3 Å². The number of benzene rings is 1. The molecular weight excluding hydrogens is 222 g/mol. The molecule has 0 spiro atoms. The summed E-state index contributed by atoms with van der Waals surface area (Å²) in [5.74, 6) is 1.07. The molecule has 0 radical (unpaired) electrons. The van der Waals surface area contributed by atoms with Gasteiger partial charge in [0.2, 0.25) is 0 Å². The number of methoxy groups -OCH3 is 1. The summed E-state index contributed by atoms with van der Waals surface area (Å²) in [5, 5.41) is 11.3. The van der Waals surface area contributed by atoms with Crippen molar-refractivity contribution in [1.82, 2.24) is 5.32 Å². The Balaban J connectivity index is 2.36. The molecule has 2 N–H and O–H groups in total.